The summed E-state index contributed by atoms with van der Waals surface area (Å²) in [5.41, 5.74) is 2.55. The lowest BCUT2D eigenvalue weighted by molar-refractivity contribution is -0.192. The van der Waals surface area contributed by atoms with Gasteiger partial charge >= 0.3 is 12.1 Å². The number of carboxylic acid groups (broad SMARTS) is 1. The molecule has 0 atom stereocenters. The van der Waals surface area contributed by atoms with Crippen LogP contribution < -0.4 is 0 Å². The molecule has 166 valence electrons. The molecule has 11 heteroatoms. The van der Waals surface area contributed by atoms with E-state index in [2.05, 4.69) is 15.1 Å². The maximum atomic E-state index is 13.0. The van der Waals surface area contributed by atoms with Gasteiger partial charge in [-0.25, -0.2) is 4.79 Å². The van der Waals surface area contributed by atoms with E-state index in [1.54, 1.807) is 17.2 Å². The maximum absolute atomic E-state index is 13.0. The molecule has 31 heavy (non-hydrogen) atoms. The number of amides is 1. The van der Waals surface area contributed by atoms with Crippen LogP contribution in [0.1, 0.15) is 41.5 Å². The number of pyridine rings is 1. The standard InChI is InChI=1S/C18H20N4O2.C2HF3O2/c1-4-16-20-17(24-21-16)11-22(5-2)18(23)13-8-9-19-15-7-6-12(3)10-14(13)15;3-2(4,5)1(6)7/h6-10H,4-5,11H2,1-3H3;(H,6,7). The Labute approximate surface area is 175 Å². The zero-order valence-corrected chi connectivity index (χ0v) is 17.1. The van der Waals surface area contributed by atoms with Crippen molar-refractivity contribution in [3.05, 3.63) is 53.3 Å². The van der Waals surface area contributed by atoms with Crippen molar-refractivity contribution in [2.24, 2.45) is 0 Å². The van der Waals surface area contributed by atoms with Gasteiger partial charge in [-0.1, -0.05) is 23.7 Å². The first kappa shape index (κ1) is 23.8. The van der Waals surface area contributed by atoms with Gasteiger partial charge in [-0.2, -0.15) is 18.2 Å². The summed E-state index contributed by atoms with van der Waals surface area (Å²) in [5, 5.41) is 11.9. The molecule has 0 aliphatic rings. The Kier molecular flexibility index (Phi) is 7.67. The number of fused-ring (bicyclic) bond motifs is 1. The molecule has 0 radical (unpaired) electrons. The topological polar surface area (TPSA) is 109 Å². The fraction of sp³-hybridized carbons (Fsp3) is 0.350. The largest absolute Gasteiger partial charge is 0.490 e. The molecule has 0 aliphatic carbocycles. The summed E-state index contributed by atoms with van der Waals surface area (Å²) in [4.78, 5) is 32.2. The summed E-state index contributed by atoms with van der Waals surface area (Å²) in [5.74, 6) is -1.71. The zero-order chi connectivity index (χ0) is 23.2. The number of alkyl halides is 3. The highest BCUT2D eigenvalue weighted by atomic mass is 19.4. The minimum atomic E-state index is -5.08. The first-order valence-electron chi connectivity index (χ1n) is 9.33. The van der Waals surface area contributed by atoms with Crippen LogP contribution >= 0.6 is 0 Å². The molecular formula is C20H21F3N4O4. The van der Waals surface area contributed by atoms with E-state index in [1.807, 2.05) is 39.0 Å². The van der Waals surface area contributed by atoms with E-state index in [0.717, 1.165) is 16.5 Å². The average Bonchev–Trinajstić information content (AvgIpc) is 3.18. The maximum Gasteiger partial charge on any atom is 0.490 e. The van der Waals surface area contributed by atoms with Gasteiger partial charge in [0.2, 0.25) is 5.89 Å². The molecule has 0 saturated carbocycles. The molecule has 3 rings (SSSR count). The number of carbonyl (C=O) groups excluding carboxylic acids is 1. The van der Waals surface area contributed by atoms with Crippen LogP contribution in [0.5, 0.6) is 0 Å². The van der Waals surface area contributed by atoms with Gasteiger partial charge in [0.1, 0.15) is 6.54 Å². The van der Waals surface area contributed by atoms with Gasteiger partial charge < -0.3 is 14.5 Å². The molecule has 0 spiro atoms. The zero-order valence-electron chi connectivity index (χ0n) is 17.1. The average molecular weight is 438 g/mol. The number of carboxylic acids is 1. The van der Waals surface area contributed by atoms with Crippen molar-refractivity contribution in [3.8, 4) is 0 Å². The summed E-state index contributed by atoms with van der Waals surface area (Å²) in [6.07, 6.45) is -2.71. The number of rotatable bonds is 5. The summed E-state index contributed by atoms with van der Waals surface area (Å²) < 4.78 is 36.9. The van der Waals surface area contributed by atoms with Crippen molar-refractivity contribution < 1.29 is 32.4 Å². The van der Waals surface area contributed by atoms with Crippen LogP contribution in [-0.4, -0.2) is 49.7 Å². The van der Waals surface area contributed by atoms with E-state index < -0.39 is 12.1 Å². The van der Waals surface area contributed by atoms with Gasteiger partial charge in [-0.15, -0.1) is 0 Å². The number of aromatic nitrogens is 3. The van der Waals surface area contributed by atoms with Gasteiger partial charge in [-0.05, 0) is 32.0 Å². The molecule has 1 amide bonds. The van der Waals surface area contributed by atoms with Crippen molar-refractivity contribution in [1.82, 2.24) is 20.0 Å². The Morgan fingerprint density at radius 1 is 1.19 bits per heavy atom. The van der Waals surface area contributed by atoms with Crippen LogP contribution in [0, 0.1) is 6.92 Å². The van der Waals surface area contributed by atoms with Crippen LogP contribution in [0.4, 0.5) is 13.2 Å². The SMILES string of the molecule is CCc1noc(CN(CC)C(=O)c2ccnc3ccc(C)cc23)n1.O=C(O)C(F)(F)F. The van der Waals surface area contributed by atoms with E-state index in [9.17, 15) is 18.0 Å². The predicted molar refractivity (Wildman–Crippen MR) is 104 cm³/mol. The fourth-order valence-electron chi connectivity index (χ4n) is 2.61. The number of aliphatic carboxylic acids is 1. The third kappa shape index (κ3) is 6.24. The van der Waals surface area contributed by atoms with E-state index in [0.29, 0.717) is 36.8 Å². The molecule has 0 saturated heterocycles. The molecule has 0 unspecified atom stereocenters. The molecule has 8 nitrogen and oxygen atoms in total. The Balaban J connectivity index is 0.000000423. The molecule has 2 aromatic heterocycles. The number of hydrogen-bond donors (Lipinski definition) is 1. The van der Waals surface area contributed by atoms with Crippen molar-refractivity contribution in [2.45, 2.75) is 39.9 Å². The Morgan fingerprint density at radius 3 is 2.42 bits per heavy atom. The molecule has 1 aromatic carbocycles. The van der Waals surface area contributed by atoms with Crippen molar-refractivity contribution in [3.63, 3.8) is 0 Å². The third-order valence-corrected chi connectivity index (χ3v) is 4.19. The lowest BCUT2D eigenvalue weighted by atomic mass is 10.1. The van der Waals surface area contributed by atoms with Crippen molar-refractivity contribution in [1.29, 1.82) is 0 Å². The smallest absolute Gasteiger partial charge is 0.475 e. The second-order valence-electron chi connectivity index (χ2n) is 6.46. The molecule has 3 aromatic rings. The summed E-state index contributed by atoms with van der Waals surface area (Å²) in [6, 6.07) is 7.68. The van der Waals surface area contributed by atoms with Crippen LogP contribution in [0.15, 0.2) is 35.0 Å². The number of halogens is 3. The van der Waals surface area contributed by atoms with Gasteiger partial charge in [0.05, 0.1) is 11.1 Å². The van der Waals surface area contributed by atoms with Gasteiger partial charge in [0.15, 0.2) is 5.82 Å². The van der Waals surface area contributed by atoms with Gasteiger partial charge in [0.25, 0.3) is 5.91 Å². The Bertz CT molecular complexity index is 1070. The molecule has 1 N–H and O–H groups in total. The van der Waals surface area contributed by atoms with Gasteiger partial charge in [0, 0.05) is 24.5 Å². The highest BCUT2D eigenvalue weighted by Gasteiger charge is 2.38. The van der Waals surface area contributed by atoms with Crippen molar-refractivity contribution in [2.75, 3.05) is 6.54 Å². The monoisotopic (exact) mass is 438 g/mol. The third-order valence-electron chi connectivity index (χ3n) is 4.19. The second kappa shape index (κ2) is 10.0. The van der Waals surface area contributed by atoms with Crippen LogP contribution in [0.3, 0.4) is 0 Å². The minimum Gasteiger partial charge on any atom is -0.475 e. The lowest BCUT2D eigenvalue weighted by Crippen LogP contribution is -2.30. The van der Waals surface area contributed by atoms with Crippen LogP contribution in [0.25, 0.3) is 10.9 Å². The fourth-order valence-corrected chi connectivity index (χ4v) is 2.61. The first-order chi connectivity index (χ1) is 14.6. The lowest BCUT2D eigenvalue weighted by Gasteiger charge is -2.19. The number of carbonyl (C=O) groups is 2. The number of hydrogen-bond acceptors (Lipinski definition) is 6. The number of benzene rings is 1. The molecule has 2 heterocycles. The summed E-state index contributed by atoms with van der Waals surface area (Å²) >= 11 is 0. The number of aryl methyl sites for hydroxylation is 2. The van der Waals surface area contributed by atoms with E-state index in [1.165, 1.54) is 0 Å². The quantitative estimate of drug-likeness (QED) is 0.645. The van der Waals surface area contributed by atoms with Crippen molar-refractivity contribution >= 4 is 22.8 Å². The minimum absolute atomic E-state index is 0.0632. The highest BCUT2D eigenvalue weighted by molar-refractivity contribution is 6.06. The summed E-state index contributed by atoms with van der Waals surface area (Å²) in [6.45, 7) is 6.76. The Morgan fingerprint density at radius 2 is 1.87 bits per heavy atom. The van der Waals surface area contributed by atoms with E-state index in [-0.39, 0.29) is 5.91 Å². The van der Waals surface area contributed by atoms with Crippen LogP contribution in [-0.2, 0) is 17.8 Å². The first-order valence-corrected chi connectivity index (χ1v) is 9.33. The summed E-state index contributed by atoms with van der Waals surface area (Å²) in [7, 11) is 0. The number of nitrogens with zero attached hydrogens (tertiary/aromatic N) is 4. The molecule has 0 aliphatic heterocycles. The Hall–Kier alpha value is -3.50. The normalized spacial score (nSPS) is 11.0. The van der Waals surface area contributed by atoms with E-state index in [4.69, 9.17) is 14.4 Å². The van der Waals surface area contributed by atoms with E-state index >= 15 is 0 Å². The van der Waals surface area contributed by atoms with Crippen LogP contribution in [0.2, 0.25) is 0 Å². The highest BCUT2D eigenvalue weighted by Crippen LogP contribution is 2.20. The molecule has 0 fully saturated rings. The van der Waals surface area contributed by atoms with Gasteiger partial charge in [-0.3, -0.25) is 9.78 Å². The molecular weight excluding hydrogens is 417 g/mol. The predicted octanol–water partition coefficient (Wildman–Crippen LogP) is 3.78. The second-order valence-corrected chi connectivity index (χ2v) is 6.46. The molecule has 0 bridgehead atoms.